The molecular weight excluding hydrogens is 475 g/mol. The summed E-state index contributed by atoms with van der Waals surface area (Å²) in [4.78, 5) is 12.8. The summed E-state index contributed by atoms with van der Waals surface area (Å²) < 4.78 is 2.25. The molecule has 7 heteroatoms. The van der Waals surface area contributed by atoms with E-state index in [9.17, 15) is 19.9 Å². The molecule has 1 aromatic heterocycles. The molecule has 1 amide bonds. The van der Waals surface area contributed by atoms with Gasteiger partial charge >= 0.3 is 7.12 Å². The zero-order valence-corrected chi connectivity index (χ0v) is 21.3. The Balaban J connectivity index is 1.37. The Labute approximate surface area is 222 Å². The first kappa shape index (κ1) is 25.3. The highest BCUT2D eigenvalue weighted by molar-refractivity contribution is 6.60. The van der Waals surface area contributed by atoms with Gasteiger partial charge in [0.15, 0.2) is 0 Å². The third-order valence-electron chi connectivity index (χ3n) is 7.11. The number of amides is 1. The number of hydrogen-bond donors (Lipinski definition) is 4. The van der Waals surface area contributed by atoms with Crippen molar-refractivity contribution < 1.29 is 19.9 Å². The van der Waals surface area contributed by atoms with Crippen LogP contribution in [0.1, 0.15) is 32.7 Å². The second-order valence-electron chi connectivity index (χ2n) is 9.54. The Kier molecular flexibility index (Phi) is 7.05. The number of phenolic OH excluding ortho intramolecular Hbond substituents is 1. The number of aromatic hydroxyl groups is 1. The summed E-state index contributed by atoms with van der Waals surface area (Å²) in [5, 5.41) is 33.0. The first-order valence-corrected chi connectivity index (χ1v) is 12.5. The average molecular weight is 504 g/mol. The van der Waals surface area contributed by atoms with Gasteiger partial charge in [0.2, 0.25) is 0 Å². The highest BCUT2D eigenvalue weighted by Gasteiger charge is 2.17. The van der Waals surface area contributed by atoms with Gasteiger partial charge in [-0.1, -0.05) is 60.7 Å². The predicted octanol–water partition coefficient (Wildman–Crippen LogP) is 4.29. The van der Waals surface area contributed by atoms with Crippen LogP contribution >= 0.6 is 0 Å². The Morgan fingerprint density at radius 2 is 1.63 bits per heavy atom. The summed E-state index contributed by atoms with van der Waals surface area (Å²) in [5.74, 6) is 0.0120. The second-order valence-corrected chi connectivity index (χ2v) is 9.54. The van der Waals surface area contributed by atoms with Crippen LogP contribution in [0.2, 0.25) is 0 Å². The topological polar surface area (TPSA) is 94.7 Å². The van der Waals surface area contributed by atoms with E-state index in [1.165, 1.54) is 0 Å². The SMILES string of the molecule is Cc1c(C)n(Cc2ccc(-c3ccccc3B(O)O)cc2)c2ccc(C(=O)NCc3cccc(O)c3)cc12. The number of phenols is 1. The van der Waals surface area contributed by atoms with Crippen LogP contribution in [0.5, 0.6) is 5.75 Å². The number of aryl methyl sites for hydroxylation is 1. The largest absolute Gasteiger partial charge is 0.508 e. The molecule has 5 rings (SSSR count). The van der Waals surface area contributed by atoms with Gasteiger partial charge in [-0.3, -0.25) is 4.79 Å². The Bertz CT molecular complexity index is 1620. The van der Waals surface area contributed by atoms with E-state index in [1.807, 2.05) is 48.5 Å². The molecule has 190 valence electrons. The van der Waals surface area contributed by atoms with Crippen LogP contribution in [0.4, 0.5) is 0 Å². The van der Waals surface area contributed by atoms with E-state index in [0.717, 1.165) is 44.4 Å². The number of carbonyl (C=O) groups is 1. The summed E-state index contributed by atoms with van der Waals surface area (Å²) in [6.45, 7) is 5.17. The molecule has 0 aliphatic carbocycles. The van der Waals surface area contributed by atoms with E-state index in [1.54, 1.807) is 30.3 Å². The first-order chi connectivity index (χ1) is 18.3. The van der Waals surface area contributed by atoms with Crippen LogP contribution in [0.25, 0.3) is 22.0 Å². The lowest BCUT2D eigenvalue weighted by atomic mass is 9.75. The Hall–Kier alpha value is -4.33. The quantitative estimate of drug-likeness (QED) is 0.249. The van der Waals surface area contributed by atoms with E-state index in [-0.39, 0.29) is 11.7 Å². The molecule has 4 N–H and O–H groups in total. The number of rotatable bonds is 7. The highest BCUT2D eigenvalue weighted by atomic mass is 16.4. The molecule has 4 aromatic carbocycles. The van der Waals surface area contributed by atoms with Crippen LogP contribution in [-0.4, -0.2) is 32.7 Å². The van der Waals surface area contributed by atoms with Gasteiger partial charge in [0.05, 0.1) is 0 Å². The molecule has 0 saturated heterocycles. The molecule has 0 atom stereocenters. The van der Waals surface area contributed by atoms with Gasteiger partial charge in [-0.15, -0.1) is 0 Å². The maximum absolute atomic E-state index is 12.8. The van der Waals surface area contributed by atoms with Crippen molar-refractivity contribution in [3.05, 3.63) is 119 Å². The summed E-state index contributed by atoms with van der Waals surface area (Å²) >= 11 is 0. The molecule has 0 saturated carbocycles. The van der Waals surface area contributed by atoms with Crippen molar-refractivity contribution in [2.24, 2.45) is 0 Å². The van der Waals surface area contributed by atoms with Gasteiger partial charge in [0, 0.05) is 35.2 Å². The molecule has 0 aliphatic rings. The van der Waals surface area contributed by atoms with E-state index >= 15 is 0 Å². The molecule has 0 bridgehead atoms. The molecule has 6 nitrogen and oxygen atoms in total. The van der Waals surface area contributed by atoms with Crippen molar-refractivity contribution in [1.82, 2.24) is 9.88 Å². The number of benzene rings is 4. The van der Waals surface area contributed by atoms with Crippen LogP contribution in [0.15, 0.2) is 91.0 Å². The fourth-order valence-corrected chi connectivity index (χ4v) is 4.90. The highest BCUT2D eigenvalue weighted by Crippen LogP contribution is 2.28. The molecule has 0 aliphatic heterocycles. The van der Waals surface area contributed by atoms with Gasteiger partial charge in [0.25, 0.3) is 5.91 Å². The maximum atomic E-state index is 12.8. The fourth-order valence-electron chi connectivity index (χ4n) is 4.90. The predicted molar refractivity (Wildman–Crippen MR) is 151 cm³/mol. The van der Waals surface area contributed by atoms with E-state index in [2.05, 4.69) is 35.9 Å². The lowest BCUT2D eigenvalue weighted by molar-refractivity contribution is 0.0951. The first-order valence-electron chi connectivity index (χ1n) is 12.5. The zero-order valence-electron chi connectivity index (χ0n) is 21.3. The molecule has 38 heavy (non-hydrogen) atoms. The minimum Gasteiger partial charge on any atom is -0.508 e. The number of carbonyl (C=O) groups excluding carboxylic acids is 1. The lowest BCUT2D eigenvalue weighted by Gasteiger charge is -2.12. The van der Waals surface area contributed by atoms with Gasteiger partial charge in [-0.2, -0.15) is 0 Å². The number of fused-ring (bicyclic) bond motifs is 1. The van der Waals surface area contributed by atoms with Crippen LogP contribution in [-0.2, 0) is 13.1 Å². The second kappa shape index (κ2) is 10.6. The van der Waals surface area contributed by atoms with Gasteiger partial charge in [-0.25, -0.2) is 0 Å². The van der Waals surface area contributed by atoms with E-state index in [4.69, 9.17) is 0 Å². The minimum atomic E-state index is -1.53. The smallest absolute Gasteiger partial charge is 0.489 e. The van der Waals surface area contributed by atoms with Crippen molar-refractivity contribution in [2.75, 3.05) is 0 Å². The molecule has 5 aromatic rings. The normalized spacial score (nSPS) is 11.1. The summed E-state index contributed by atoms with van der Waals surface area (Å²) in [7, 11) is -1.53. The summed E-state index contributed by atoms with van der Waals surface area (Å²) in [6.07, 6.45) is 0. The van der Waals surface area contributed by atoms with Crippen molar-refractivity contribution in [1.29, 1.82) is 0 Å². The zero-order chi connectivity index (χ0) is 26.8. The third-order valence-corrected chi connectivity index (χ3v) is 7.11. The number of nitrogens with one attached hydrogen (secondary N) is 1. The molecule has 0 fully saturated rings. The molecule has 0 unspecified atom stereocenters. The molecule has 1 heterocycles. The monoisotopic (exact) mass is 504 g/mol. The Morgan fingerprint density at radius 1 is 0.868 bits per heavy atom. The molecular formula is C31H29BN2O4. The minimum absolute atomic E-state index is 0.163. The Morgan fingerprint density at radius 3 is 2.37 bits per heavy atom. The van der Waals surface area contributed by atoms with E-state index in [0.29, 0.717) is 24.1 Å². The summed E-state index contributed by atoms with van der Waals surface area (Å²) in [6, 6.07) is 28.0. The average Bonchev–Trinajstić information content (AvgIpc) is 3.16. The van der Waals surface area contributed by atoms with Crippen molar-refractivity contribution in [3.8, 4) is 16.9 Å². The van der Waals surface area contributed by atoms with Crippen LogP contribution in [0, 0.1) is 13.8 Å². The van der Waals surface area contributed by atoms with Crippen LogP contribution in [0.3, 0.4) is 0 Å². The van der Waals surface area contributed by atoms with Gasteiger partial charge in [-0.05, 0) is 77.5 Å². The van der Waals surface area contributed by atoms with Crippen molar-refractivity contribution >= 4 is 29.4 Å². The molecule has 0 radical (unpaired) electrons. The summed E-state index contributed by atoms with van der Waals surface area (Å²) in [5.41, 5.74) is 8.05. The lowest BCUT2D eigenvalue weighted by Crippen LogP contribution is -2.31. The number of aromatic nitrogens is 1. The molecule has 0 spiro atoms. The number of nitrogens with zero attached hydrogens (tertiary/aromatic N) is 1. The standard InChI is InChI=1S/C31H29BN2O4/c1-20-21(2)34(19-22-10-12-24(13-11-22)27-8-3-4-9-29(27)32(37)38)30-15-14-25(17-28(20)30)31(36)33-18-23-6-5-7-26(35)16-23/h3-17,35,37-38H,18-19H2,1-2H3,(H,33,36). The van der Waals surface area contributed by atoms with E-state index < -0.39 is 7.12 Å². The fraction of sp³-hybridized carbons (Fsp3) is 0.129. The third kappa shape index (κ3) is 5.07. The van der Waals surface area contributed by atoms with Gasteiger partial charge < -0.3 is 25.0 Å². The van der Waals surface area contributed by atoms with Gasteiger partial charge in [0.1, 0.15) is 5.75 Å². The maximum Gasteiger partial charge on any atom is 0.489 e. The van der Waals surface area contributed by atoms with Crippen molar-refractivity contribution in [3.63, 3.8) is 0 Å². The van der Waals surface area contributed by atoms with Crippen LogP contribution < -0.4 is 10.8 Å². The number of hydrogen-bond acceptors (Lipinski definition) is 4. The van der Waals surface area contributed by atoms with Crippen molar-refractivity contribution in [2.45, 2.75) is 26.9 Å².